The number of alkyl halides is 3. The Morgan fingerprint density at radius 2 is 1.96 bits per heavy atom. The predicted octanol–water partition coefficient (Wildman–Crippen LogP) is 3.92. The van der Waals surface area contributed by atoms with Crippen LogP contribution >= 0.6 is 24.0 Å². The lowest BCUT2D eigenvalue weighted by Crippen LogP contribution is -2.46. The first-order valence-corrected chi connectivity index (χ1v) is 9.16. The fourth-order valence-corrected chi connectivity index (χ4v) is 3.06. The summed E-state index contributed by atoms with van der Waals surface area (Å²) in [6, 6.07) is 5.35. The van der Waals surface area contributed by atoms with Crippen LogP contribution in [0.2, 0.25) is 0 Å². The van der Waals surface area contributed by atoms with E-state index in [9.17, 15) is 13.2 Å². The van der Waals surface area contributed by atoms with Gasteiger partial charge in [-0.25, -0.2) is 0 Å². The van der Waals surface area contributed by atoms with Gasteiger partial charge < -0.3 is 19.7 Å². The smallest absolute Gasteiger partial charge is 0.385 e. The van der Waals surface area contributed by atoms with Crippen LogP contribution in [0.3, 0.4) is 0 Å². The molecule has 0 aliphatic carbocycles. The number of hydrogen-bond acceptors (Lipinski definition) is 3. The summed E-state index contributed by atoms with van der Waals surface area (Å²) in [5, 5.41) is 3.16. The Kier molecular flexibility index (Phi) is 11.1. The predicted molar refractivity (Wildman–Crippen MR) is 114 cm³/mol. The molecule has 1 aromatic rings. The maximum absolute atomic E-state index is 12.8. The molecular formula is C19H29F3IN3O2. The van der Waals surface area contributed by atoms with Gasteiger partial charge in [0.2, 0.25) is 0 Å². The molecule has 1 heterocycles. The van der Waals surface area contributed by atoms with E-state index in [-0.39, 0.29) is 30.1 Å². The fraction of sp³-hybridized carbons (Fsp3) is 0.632. The minimum Gasteiger partial charge on any atom is -0.385 e. The topological polar surface area (TPSA) is 46.1 Å². The molecule has 1 fully saturated rings. The number of piperidine rings is 1. The molecule has 1 aliphatic rings. The Bertz CT molecular complexity index is 606. The van der Waals surface area contributed by atoms with E-state index in [1.807, 2.05) is 0 Å². The lowest BCUT2D eigenvalue weighted by molar-refractivity contribution is -0.137. The summed E-state index contributed by atoms with van der Waals surface area (Å²) in [7, 11) is 3.36. The van der Waals surface area contributed by atoms with Crippen LogP contribution in [0.15, 0.2) is 29.3 Å². The molecule has 5 nitrogen and oxygen atoms in total. The minimum atomic E-state index is -4.33. The number of guanidine groups is 1. The number of nitrogens with zero attached hydrogens (tertiary/aromatic N) is 2. The van der Waals surface area contributed by atoms with Crippen LogP contribution < -0.4 is 5.32 Å². The van der Waals surface area contributed by atoms with Gasteiger partial charge >= 0.3 is 6.18 Å². The third-order valence-electron chi connectivity index (χ3n) is 4.50. The highest BCUT2D eigenvalue weighted by atomic mass is 127. The maximum atomic E-state index is 12.8. The van der Waals surface area contributed by atoms with Crippen LogP contribution in [-0.4, -0.2) is 57.4 Å². The van der Waals surface area contributed by atoms with Gasteiger partial charge in [-0.3, -0.25) is 4.99 Å². The quantitative estimate of drug-likeness (QED) is 0.259. The molecule has 9 heteroatoms. The van der Waals surface area contributed by atoms with Gasteiger partial charge in [-0.15, -0.1) is 24.0 Å². The molecule has 0 spiro atoms. The summed E-state index contributed by atoms with van der Waals surface area (Å²) in [6.45, 7) is 3.30. The molecule has 0 amide bonds. The minimum absolute atomic E-state index is 0. The van der Waals surface area contributed by atoms with Crippen LogP contribution in [0.4, 0.5) is 13.2 Å². The van der Waals surface area contributed by atoms with Crippen molar-refractivity contribution in [2.45, 2.75) is 38.1 Å². The second-order valence-electron chi connectivity index (χ2n) is 6.50. The summed E-state index contributed by atoms with van der Waals surface area (Å²) in [6.07, 6.45) is -1.41. The van der Waals surface area contributed by atoms with Crippen molar-refractivity contribution in [1.82, 2.24) is 10.2 Å². The average Bonchev–Trinajstić information content (AvgIpc) is 2.66. The van der Waals surface area contributed by atoms with Crippen LogP contribution in [0.1, 0.15) is 30.4 Å². The molecule has 1 aromatic carbocycles. The van der Waals surface area contributed by atoms with E-state index in [0.717, 1.165) is 38.4 Å². The van der Waals surface area contributed by atoms with Crippen molar-refractivity contribution in [1.29, 1.82) is 0 Å². The Morgan fingerprint density at radius 3 is 2.57 bits per heavy atom. The third-order valence-corrected chi connectivity index (χ3v) is 4.50. The van der Waals surface area contributed by atoms with E-state index in [1.165, 1.54) is 12.1 Å². The van der Waals surface area contributed by atoms with E-state index >= 15 is 0 Å². The lowest BCUT2D eigenvalue weighted by Gasteiger charge is -2.34. The fourth-order valence-electron chi connectivity index (χ4n) is 3.06. The first-order valence-electron chi connectivity index (χ1n) is 9.16. The number of halogens is 4. The second-order valence-corrected chi connectivity index (χ2v) is 6.50. The van der Waals surface area contributed by atoms with E-state index in [1.54, 1.807) is 20.2 Å². The van der Waals surface area contributed by atoms with Crippen molar-refractivity contribution in [2.75, 3.05) is 40.5 Å². The summed E-state index contributed by atoms with van der Waals surface area (Å²) in [4.78, 5) is 6.38. The van der Waals surface area contributed by atoms with E-state index < -0.39 is 11.7 Å². The molecule has 2 rings (SSSR count). The highest BCUT2D eigenvalue weighted by molar-refractivity contribution is 14.0. The van der Waals surface area contributed by atoms with Crippen LogP contribution in [0.25, 0.3) is 0 Å². The molecule has 0 radical (unpaired) electrons. The number of ether oxygens (including phenoxy) is 2. The largest absolute Gasteiger partial charge is 0.416 e. The molecule has 0 saturated carbocycles. The van der Waals surface area contributed by atoms with E-state index in [0.29, 0.717) is 31.3 Å². The van der Waals surface area contributed by atoms with Crippen molar-refractivity contribution < 1.29 is 22.6 Å². The molecule has 160 valence electrons. The first kappa shape index (κ1) is 25.0. The van der Waals surface area contributed by atoms with Crippen LogP contribution in [0, 0.1) is 0 Å². The number of rotatable bonds is 7. The Morgan fingerprint density at radius 1 is 1.25 bits per heavy atom. The number of hydrogen-bond donors (Lipinski definition) is 1. The summed E-state index contributed by atoms with van der Waals surface area (Å²) in [5.41, 5.74) is -0.0643. The molecule has 0 bridgehead atoms. The molecular weight excluding hydrogens is 486 g/mol. The molecule has 1 saturated heterocycles. The van der Waals surface area contributed by atoms with Crippen LogP contribution in [0.5, 0.6) is 0 Å². The van der Waals surface area contributed by atoms with Gasteiger partial charge in [-0.05, 0) is 37.0 Å². The SMILES string of the molecule is CN=C(NCc1cccc(C(F)(F)F)c1)N1CCC(OCCCOC)CC1.I. The summed E-state index contributed by atoms with van der Waals surface area (Å²) < 4.78 is 49.3. The molecule has 0 unspecified atom stereocenters. The normalized spacial score (nSPS) is 16.0. The first-order chi connectivity index (χ1) is 12.9. The van der Waals surface area contributed by atoms with Crippen molar-refractivity contribution in [3.05, 3.63) is 35.4 Å². The Hall–Kier alpha value is -1.07. The van der Waals surface area contributed by atoms with Gasteiger partial charge in [-0.2, -0.15) is 13.2 Å². The zero-order chi connectivity index (χ0) is 19.7. The Labute approximate surface area is 181 Å². The van der Waals surface area contributed by atoms with Gasteiger partial charge in [0.05, 0.1) is 11.7 Å². The zero-order valence-corrected chi connectivity index (χ0v) is 18.6. The summed E-state index contributed by atoms with van der Waals surface area (Å²) >= 11 is 0. The molecule has 1 N–H and O–H groups in total. The number of nitrogens with one attached hydrogen (secondary N) is 1. The number of likely N-dealkylation sites (tertiary alicyclic amines) is 1. The van der Waals surface area contributed by atoms with Gasteiger partial charge in [0, 0.05) is 47.0 Å². The van der Waals surface area contributed by atoms with Crippen LogP contribution in [-0.2, 0) is 22.2 Å². The van der Waals surface area contributed by atoms with Gasteiger partial charge in [0.1, 0.15) is 0 Å². The molecule has 28 heavy (non-hydrogen) atoms. The molecule has 0 atom stereocenters. The van der Waals surface area contributed by atoms with E-state index in [2.05, 4.69) is 15.2 Å². The van der Waals surface area contributed by atoms with Crippen molar-refractivity contribution in [3.63, 3.8) is 0 Å². The average molecular weight is 515 g/mol. The molecule has 0 aromatic heterocycles. The van der Waals surface area contributed by atoms with Gasteiger partial charge in [0.15, 0.2) is 5.96 Å². The third kappa shape index (κ3) is 8.12. The van der Waals surface area contributed by atoms with E-state index in [4.69, 9.17) is 9.47 Å². The number of aliphatic imine (C=N–C) groups is 1. The zero-order valence-electron chi connectivity index (χ0n) is 16.3. The maximum Gasteiger partial charge on any atom is 0.416 e. The standard InChI is InChI=1S/C19H28F3N3O2.HI/c1-23-18(24-14-15-5-3-6-16(13-15)19(20,21)22)25-9-7-17(8-10-25)27-12-4-11-26-2;/h3,5-6,13,17H,4,7-12,14H2,1-2H3,(H,23,24);1H. The van der Waals surface area contributed by atoms with Crippen molar-refractivity contribution >= 4 is 29.9 Å². The second kappa shape index (κ2) is 12.5. The van der Waals surface area contributed by atoms with Crippen molar-refractivity contribution in [3.8, 4) is 0 Å². The van der Waals surface area contributed by atoms with Gasteiger partial charge in [-0.1, -0.05) is 12.1 Å². The summed E-state index contributed by atoms with van der Waals surface area (Å²) in [5.74, 6) is 0.699. The number of benzene rings is 1. The molecule has 1 aliphatic heterocycles. The number of methoxy groups -OCH3 is 1. The van der Waals surface area contributed by atoms with Crippen molar-refractivity contribution in [2.24, 2.45) is 4.99 Å². The monoisotopic (exact) mass is 515 g/mol. The van der Waals surface area contributed by atoms with Gasteiger partial charge in [0.25, 0.3) is 0 Å². The highest BCUT2D eigenvalue weighted by Gasteiger charge is 2.30. The lowest BCUT2D eigenvalue weighted by atomic mass is 10.1. The highest BCUT2D eigenvalue weighted by Crippen LogP contribution is 2.29. The Balaban J connectivity index is 0.00000392.